The van der Waals surface area contributed by atoms with Crippen molar-refractivity contribution in [2.24, 2.45) is 5.73 Å². The van der Waals surface area contributed by atoms with Crippen molar-refractivity contribution < 1.29 is 36.2 Å². The number of alkyl halides is 5. The van der Waals surface area contributed by atoms with Gasteiger partial charge in [0.2, 0.25) is 0 Å². The Morgan fingerprint density at radius 1 is 1.43 bits per heavy atom. The van der Waals surface area contributed by atoms with E-state index in [9.17, 15) is 26.7 Å². The maximum absolute atomic E-state index is 13.1. The van der Waals surface area contributed by atoms with Gasteiger partial charge in [-0.05, 0) is 5.56 Å². The van der Waals surface area contributed by atoms with Crippen LogP contribution in [-0.4, -0.2) is 24.4 Å². The number of carbonyl (C=O) groups is 1. The summed E-state index contributed by atoms with van der Waals surface area (Å²) in [5.74, 6) is -2.09. The predicted molar refractivity (Wildman–Crippen MR) is 59.5 cm³/mol. The second-order valence-electron chi connectivity index (χ2n) is 3.77. The van der Waals surface area contributed by atoms with Crippen LogP contribution in [-0.2, 0) is 22.5 Å². The number of hydrogen-bond acceptors (Lipinski definition) is 5. The number of aromatic nitrogens is 1. The molecule has 0 spiro atoms. The Kier molecular flexibility index (Phi) is 5.41. The lowest BCUT2D eigenvalue weighted by atomic mass is 10.0. The first-order chi connectivity index (χ1) is 9.69. The van der Waals surface area contributed by atoms with Crippen LogP contribution in [0.4, 0.5) is 22.0 Å². The van der Waals surface area contributed by atoms with Crippen molar-refractivity contribution in [2.45, 2.75) is 25.8 Å². The van der Waals surface area contributed by atoms with Crippen LogP contribution in [0, 0.1) is 0 Å². The van der Waals surface area contributed by atoms with Gasteiger partial charge in [-0.3, -0.25) is 9.78 Å². The van der Waals surface area contributed by atoms with Gasteiger partial charge in [-0.15, -0.1) is 13.2 Å². The Bertz CT molecular complexity index is 519. The van der Waals surface area contributed by atoms with Crippen molar-refractivity contribution >= 4 is 5.97 Å². The van der Waals surface area contributed by atoms with Crippen LogP contribution in [0.3, 0.4) is 0 Å². The van der Waals surface area contributed by atoms with E-state index < -0.39 is 42.1 Å². The van der Waals surface area contributed by atoms with Crippen molar-refractivity contribution in [3.05, 3.63) is 23.0 Å². The zero-order valence-corrected chi connectivity index (χ0v) is 10.7. The molecule has 1 heterocycles. The summed E-state index contributed by atoms with van der Waals surface area (Å²) in [6.07, 6.45) is -8.67. The summed E-state index contributed by atoms with van der Waals surface area (Å²) in [5, 5.41) is 0. The third kappa shape index (κ3) is 4.52. The summed E-state index contributed by atoms with van der Waals surface area (Å²) < 4.78 is 70.6. The minimum Gasteiger partial charge on any atom is -0.469 e. The van der Waals surface area contributed by atoms with Crippen molar-refractivity contribution in [3.63, 3.8) is 0 Å². The molecular weight excluding hydrogens is 303 g/mol. The van der Waals surface area contributed by atoms with E-state index in [1.165, 1.54) is 0 Å². The van der Waals surface area contributed by atoms with Crippen LogP contribution in [0.25, 0.3) is 0 Å². The van der Waals surface area contributed by atoms with Gasteiger partial charge in [0.25, 0.3) is 6.43 Å². The van der Waals surface area contributed by atoms with Crippen LogP contribution < -0.4 is 10.5 Å². The van der Waals surface area contributed by atoms with Gasteiger partial charge >= 0.3 is 12.3 Å². The minimum atomic E-state index is -5.17. The molecule has 0 aliphatic rings. The zero-order valence-electron chi connectivity index (χ0n) is 10.7. The Hall–Kier alpha value is -1.97. The average molecular weight is 314 g/mol. The number of rotatable bonds is 5. The third-order valence-electron chi connectivity index (χ3n) is 2.46. The largest absolute Gasteiger partial charge is 0.573 e. The molecule has 0 radical (unpaired) electrons. The van der Waals surface area contributed by atoms with Crippen LogP contribution in [0.1, 0.15) is 23.2 Å². The van der Waals surface area contributed by atoms with Crippen molar-refractivity contribution in [1.29, 1.82) is 0 Å². The first kappa shape index (κ1) is 17.1. The quantitative estimate of drug-likeness (QED) is 0.665. The lowest BCUT2D eigenvalue weighted by molar-refractivity contribution is -0.275. The average Bonchev–Trinajstić information content (AvgIpc) is 2.36. The normalized spacial score (nSPS) is 11.6. The van der Waals surface area contributed by atoms with Gasteiger partial charge in [0, 0.05) is 6.54 Å². The standard InChI is InChI=1S/C11H11F5N2O3/c1-20-8(19)2-5-6(3-17)18-4-7(9(5)10(12)13)21-11(14,15)16/h4,10H,2-3,17H2,1H3. The summed E-state index contributed by atoms with van der Waals surface area (Å²) in [6.45, 7) is -0.335. The maximum atomic E-state index is 13.1. The van der Waals surface area contributed by atoms with Gasteiger partial charge < -0.3 is 15.2 Å². The molecular formula is C11H11F5N2O3. The number of esters is 1. The number of halogens is 5. The molecule has 0 saturated heterocycles. The molecule has 5 nitrogen and oxygen atoms in total. The predicted octanol–water partition coefficient (Wildman–Crippen LogP) is 2.09. The second kappa shape index (κ2) is 6.66. The fourth-order valence-electron chi connectivity index (χ4n) is 1.62. The summed E-state index contributed by atoms with van der Waals surface area (Å²) in [6, 6.07) is 0. The molecule has 0 fully saturated rings. The molecule has 1 aromatic heterocycles. The molecule has 21 heavy (non-hydrogen) atoms. The summed E-state index contributed by atoms with van der Waals surface area (Å²) in [7, 11) is 1.01. The van der Waals surface area contributed by atoms with E-state index in [2.05, 4.69) is 14.5 Å². The molecule has 0 amide bonds. The van der Waals surface area contributed by atoms with Gasteiger partial charge in [-0.2, -0.15) is 0 Å². The first-order valence-electron chi connectivity index (χ1n) is 5.51. The second-order valence-corrected chi connectivity index (χ2v) is 3.77. The van der Waals surface area contributed by atoms with Gasteiger partial charge in [0.1, 0.15) is 0 Å². The molecule has 0 aliphatic heterocycles. The highest BCUT2D eigenvalue weighted by Crippen LogP contribution is 2.36. The van der Waals surface area contributed by atoms with Gasteiger partial charge in [0.15, 0.2) is 5.75 Å². The smallest absolute Gasteiger partial charge is 0.469 e. The van der Waals surface area contributed by atoms with Gasteiger partial charge in [0.05, 0.1) is 31.0 Å². The first-order valence-corrected chi connectivity index (χ1v) is 5.51. The number of carbonyl (C=O) groups excluding carboxylic acids is 1. The highest BCUT2D eigenvalue weighted by atomic mass is 19.4. The van der Waals surface area contributed by atoms with Crippen LogP contribution in [0.2, 0.25) is 0 Å². The van der Waals surface area contributed by atoms with Crippen molar-refractivity contribution in [1.82, 2.24) is 4.98 Å². The summed E-state index contributed by atoms with van der Waals surface area (Å²) in [4.78, 5) is 14.7. The van der Waals surface area contributed by atoms with Gasteiger partial charge in [-0.25, -0.2) is 8.78 Å². The number of ether oxygens (including phenoxy) is 2. The zero-order chi connectivity index (χ0) is 16.2. The van der Waals surface area contributed by atoms with Crippen molar-refractivity contribution in [2.75, 3.05) is 7.11 Å². The topological polar surface area (TPSA) is 74.4 Å². The van der Waals surface area contributed by atoms with Gasteiger partial charge in [-0.1, -0.05) is 0 Å². The Morgan fingerprint density at radius 3 is 2.48 bits per heavy atom. The SMILES string of the molecule is COC(=O)Cc1c(CN)ncc(OC(F)(F)F)c1C(F)F. The molecule has 0 saturated carbocycles. The highest BCUT2D eigenvalue weighted by molar-refractivity contribution is 5.73. The van der Waals surface area contributed by atoms with E-state index in [0.29, 0.717) is 6.20 Å². The summed E-state index contributed by atoms with van der Waals surface area (Å²) >= 11 is 0. The van der Waals surface area contributed by atoms with Crippen LogP contribution in [0.15, 0.2) is 6.20 Å². The molecule has 2 N–H and O–H groups in total. The fraction of sp³-hybridized carbons (Fsp3) is 0.455. The van der Waals surface area contributed by atoms with E-state index >= 15 is 0 Å². The minimum absolute atomic E-state index is 0.134. The molecule has 0 aliphatic carbocycles. The Morgan fingerprint density at radius 2 is 2.05 bits per heavy atom. The molecule has 0 atom stereocenters. The highest BCUT2D eigenvalue weighted by Gasteiger charge is 2.35. The molecule has 1 rings (SSSR count). The van der Waals surface area contributed by atoms with Crippen molar-refractivity contribution in [3.8, 4) is 5.75 Å². The number of nitrogens with two attached hydrogens (primary N) is 1. The molecule has 118 valence electrons. The maximum Gasteiger partial charge on any atom is 0.573 e. The van der Waals surface area contributed by atoms with Crippen LogP contribution >= 0.6 is 0 Å². The monoisotopic (exact) mass is 314 g/mol. The van der Waals surface area contributed by atoms with E-state index in [-0.39, 0.29) is 12.2 Å². The Labute approximate surface area is 115 Å². The van der Waals surface area contributed by atoms with E-state index in [0.717, 1.165) is 7.11 Å². The molecule has 0 bridgehead atoms. The van der Waals surface area contributed by atoms with E-state index in [1.807, 2.05) is 0 Å². The summed E-state index contributed by atoms with van der Waals surface area (Å²) in [5.41, 5.74) is 3.65. The number of nitrogens with zero attached hydrogens (tertiary/aromatic N) is 1. The van der Waals surface area contributed by atoms with E-state index in [4.69, 9.17) is 5.73 Å². The third-order valence-corrected chi connectivity index (χ3v) is 2.46. The molecule has 1 aromatic rings. The number of methoxy groups -OCH3 is 1. The molecule has 10 heteroatoms. The lowest BCUT2D eigenvalue weighted by Gasteiger charge is -2.17. The van der Waals surface area contributed by atoms with Crippen LogP contribution in [0.5, 0.6) is 5.75 Å². The van der Waals surface area contributed by atoms with E-state index in [1.54, 1.807) is 0 Å². The molecule has 0 aromatic carbocycles. The number of pyridine rings is 1. The lowest BCUT2D eigenvalue weighted by Crippen LogP contribution is -2.21. The fourth-order valence-corrected chi connectivity index (χ4v) is 1.62. The number of hydrogen-bond donors (Lipinski definition) is 1. The Balaban J connectivity index is 3.41. The molecule has 0 unspecified atom stereocenters.